The van der Waals surface area contributed by atoms with Crippen molar-refractivity contribution in [2.45, 2.75) is 51.7 Å². The van der Waals surface area contributed by atoms with Gasteiger partial charge in [0.1, 0.15) is 5.75 Å². The number of hydrogen-bond acceptors (Lipinski definition) is 3. The second kappa shape index (κ2) is 7.81. The van der Waals surface area contributed by atoms with Crippen LogP contribution in [0.5, 0.6) is 5.75 Å². The molecule has 1 aromatic carbocycles. The predicted octanol–water partition coefficient (Wildman–Crippen LogP) is 3.77. The van der Waals surface area contributed by atoms with E-state index < -0.39 is 0 Å². The van der Waals surface area contributed by atoms with E-state index in [1.807, 2.05) is 7.11 Å². The molecule has 1 aliphatic carbocycles. The molecule has 1 aromatic rings. The Labute approximate surface area is 129 Å². The lowest BCUT2D eigenvalue weighted by Gasteiger charge is -2.40. The minimum atomic E-state index is 0.0971. The van der Waals surface area contributed by atoms with Crippen molar-refractivity contribution in [1.82, 2.24) is 5.32 Å². The van der Waals surface area contributed by atoms with E-state index in [2.05, 4.69) is 43.4 Å². The topological polar surface area (TPSA) is 30.5 Å². The standard InChI is InChI=1S/C18H29NO2/c1-15(2)9-12-21-17-7-5-16(6-8-17)13-19-14-18(20-3)10-4-11-18/h5-8,15,19H,4,9-14H2,1-3H3. The molecule has 0 heterocycles. The molecule has 118 valence electrons. The molecule has 0 aliphatic heterocycles. The van der Waals surface area contributed by atoms with Gasteiger partial charge in [-0.3, -0.25) is 0 Å². The highest BCUT2D eigenvalue weighted by atomic mass is 16.5. The van der Waals surface area contributed by atoms with Gasteiger partial charge in [-0.1, -0.05) is 26.0 Å². The zero-order valence-corrected chi connectivity index (χ0v) is 13.7. The first-order valence-electron chi connectivity index (χ1n) is 8.11. The molecule has 2 rings (SSSR count). The lowest BCUT2D eigenvalue weighted by atomic mass is 9.80. The Morgan fingerprint density at radius 1 is 1.19 bits per heavy atom. The maximum absolute atomic E-state index is 5.73. The van der Waals surface area contributed by atoms with Gasteiger partial charge in [-0.25, -0.2) is 0 Å². The molecule has 0 spiro atoms. The van der Waals surface area contributed by atoms with Gasteiger partial charge in [0, 0.05) is 20.2 Å². The summed E-state index contributed by atoms with van der Waals surface area (Å²) in [5.74, 6) is 1.65. The Hall–Kier alpha value is -1.06. The summed E-state index contributed by atoms with van der Waals surface area (Å²) < 4.78 is 11.3. The minimum Gasteiger partial charge on any atom is -0.494 e. The van der Waals surface area contributed by atoms with E-state index in [1.165, 1.54) is 24.8 Å². The van der Waals surface area contributed by atoms with Crippen molar-refractivity contribution in [3.05, 3.63) is 29.8 Å². The molecule has 0 amide bonds. The second-order valence-corrected chi connectivity index (χ2v) is 6.52. The van der Waals surface area contributed by atoms with Crippen molar-refractivity contribution in [3.63, 3.8) is 0 Å². The lowest BCUT2D eigenvalue weighted by Crippen LogP contribution is -2.47. The quantitative estimate of drug-likeness (QED) is 0.751. The highest BCUT2D eigenvalue weighted by molar-refractivity contribution is 5.27. The molecule has 0 unspecified atom stereocenters. The van der Waals surface area contributed by atoms with Crippen molar-refractivity contribution in [2.75, 3.05) is 20.3 Å². The number of hydrogen-bond donors (Lipinski definition) is 1. The van der Waals surface area contributed by atoms with Gasteiger partial charge < -0.3 is 14.8 Å². The highest BCUT2D eigenvalue weighted by Gasteiger charge is 2.36. The minimum absolute atomic E-state index is 0.0971. The fourth-order valence-electron chi connectivity index (χ4n) is 2.57. The maximum atomic E-state index is 5.73. The van der Waals surface area contributed by atoms with Gasteiger partial charge in [0.2, 0.25) is 0 Å². The van der Waals surface area contributed by atoms with E-state index in [0.29, 0.717) is 5.92 Å². The number of benzene rings is 1. The summed E-state index contributed by atoms with van der Waals surface area (Å²) in [4.78, 5) is 0. The third kappa shape index (κ3) is 5.01. The molecule has 3 heteroatoms. The number of ether oxygens (including phenoxy) is 2. The van der Waals surface area contributed by atoms with E-state index in [1.54, 1.807) is 0 Å². The van der Waals surface area contributed by atoms with Crippen molar-refractivity contribution < 1.29 is 9.47 Å². The predicted molar refractivity (Wildman–Crippen MR) is 86.7 cm³/mol. The first-order valence-corrected chi connectivity index (χ1v) is 8.11. The third-order valence-corrected chi connectivity index (χ3v) is 4.36. The van der Waals surface area contributed by atoms with Crippen LogP contribution in [0.3, 0.4) is 0 Å². The third-order valence-electron chi connectivity index (χ3n) is 4.36. The zero-order chi connectivity index (χ0) is 15.1. The number of rotatable bonds is 9. The van der Waals surface area contributed by atoms with Gasteiger partial charge in [0.25, 0.3) is 0 Å². The Kier molecular flexibility index (Phi) is 6.07. The second-order valence-electron chi connectivity index (χ2n) is 6.52. The van der Waals surface area contributed by atoms with E-state index >= 15 is 0 Å². The van der Waals surface area contributed by atoms with E-state index in [4.69, 9.17) is 9.47 Å². The molecule has 0 bridgehead atoms. The fourth-order valence-corrected chi connectivity index (χ4v) is 2.57. The first-order chi connectivity index (χ1) is 10.1. The van der Waals surface area contributed by atoms with Crippen LogP contribution in [0.2, 0.25) is 0 Å². The van der Waals surface area contributed by atoms with Gasteiger partial charge in [-0.15, -0.1) is 0 Å². The van der Waals surface area contributed by atoms with Gasteiger partial charge in [0.05, 0.1) is 12.2 Å². The maximum Gasteiger partial charge on any atom is 0.119 e. The summed E-state index contributed by atoms with van der Waals surface area (Å²) in [6.45, 7) is 7.05. The highest BCUT2D eigenvalue weighted by Crippen LogP contribution is 2.34. The number of nitrogens with one attached hydrogen (secondary N) is 1. The van der Waals surface area contributed by atoms with Crippen LogP contribution in [0.4, 0.5) is 0 Å². The molecule has 1 aliphatic rings. The van der Waals surface area contributed by atoms with E-state index in [-0.39, 0.29) is 5.60 Å². The van der Waals surface area contributed by atoms with Gasteiger partial charge in [-0.2, -0.15) is 0 Å². The molecule has 0 aromatic heterocycles. The smallest absolute Gasteiger partial charge is 0.119 e. The molecule has 0 atom stereocenters. The SMILES string of the molecule is COC1(CNCc2ccc(OCCC(C)C)cc2)CCC1. The molecule has 1 N–H and O–H groups in total. The summed E-state index contributed by atoms with van der Waals surface area (Å²) in [6, 6.07) is 8.40. The molecular formula is C18H29NO2. The Morgan fingerprint density at radius 2 is 1.90 bits per heavy atom. The molecule has 21 heavy (non-hydrogen) atoms. The largest absolute Gasteiger partial charge is 0.494 e. The average molecular weight is 291 g/mol. The van der Waals surface area contributed by atoms with E-state index in [0.717, 1.165) is 31.9 Å². The molecule has 1 saturated carbocycles. The van der Waals surface area contributed by atoms with Gasteiger partial charge in [0.15, 0.2) is 0 Å². The van der Waals surface area contributed by atoms with Crippen molar-refractivity contribution in [1.29, 1.82) is 0 Å². The van der Waals surface area contributed by atoms with Crippen LogP contribution in [-0.4, -0.2) is 25.9 Å². The van der Waals surface area contributed by atoms with Crippen LogP contribution in [0, 0.1) is 5.92 Å². The molecule has 3 nitrogen and oxygen atoms in total. The van der Waals surface area contributed by atoms with Crippen LogP contribution in [-0.2, 0) is 11.3 Å². The lowest BCUT2D eigenvalue weighted by molar-refractivity contribution is -0.0695. The normalized spacial score (nSPS) is 16.8. The van der Waals surface area contributed by atoms with Crippen molar-refractivity contribution >= 4 is 0 Å². The monoisotopic (exact) mass is 291 g/mol. The Morgan fingerprint density at radius 3 is 2.43 bits per heavy atom. The first kappa shape index (κ1) is 16.3. The van der Waals surface area contributed by atoms with Crippen LogP contribution >= 0.6 is 0 Å². The average Bonchev–Trinajstić information content (AvgIpc) is 2.43. The summed E-state index contributed by atoms with van der Waals surface area (Å²) in [7, 11) is 1.82. The summed E-state index contributed by atoms with van der Waals surface area (Å²) in [5, 5.41) is 3.51. The summed E-state index contributed by atoms with van der Waals surface area (Å²) in [6.07, 6.45) is 4.75. The van der Waals surface area contributed by atoms with Crippen molar-refractivity contribution in [3.8, 4) is 5.75 Å². The molecule has 0 radical (unpaired) electrons. The fraction of sp³-hybridized carbons (Fsp3) is 0.667. The van der Waals surface area contributed by atoms with Crippen LogP contribution in [0.25, 0.3) is 0 Å². The Balaban J connectivity index is 1.69. The van der Waals surface area contributed by atoms with E-state index in [9.17, 15) is 0 Å². The van der Waals surface area contributed by atoms with Crippen molar-refractivity contribution in [2.24, 2.45) is 5.92 Å². The van der Waals surface area contributed by atoms with Crippen LogP contribution in [0.15, 0.2) is 24.3 Å². The van der Waals surface area contributed by atoms with Gasteiger partial charge >= 0.3 is 0 Å². The van der Waals surface area contributed by atoms with Gasteiger partial charge in [-0.05, 0) is 49.3 Å². The zero-order valence-electron chi connectivity index (χ0n) is 13.7. The summed E-state index contributed by atoms with van der Waals surface area (Å²) >= 11 is 0. The summed E-state index contributed by atoms with van der Waals surface area (Å²) in [5.41, 5.74) is 1.39. The Bertz CT molecular complexity index is 404. The van der Waals surface area contributed by atoms with Crippen LogP contribution in [0.1, 0.15) is 45.1 Å². The molecule has 0 saturated heterocycles. The number of methoxy groups -OCH3 is 1. The molecular weight excluding hydrogens is 262 g/mol. The molecule has 1 fully saturated rings. The van der Waals surface area contributed by atoms with Crippen LogP contribution < -0.4 is 10.1 Å².